The predicted octanol–water partition coefficient (Wildman–Crippen LogP) is 0.185. The first-order valence-electron chi connectivity index (χ1n) is 6.32. The highest BCUT2D eigenvalue weighted by molar-refractivity contribution is 6.04. The number of likely N-dealkylation sites (N-methyl/N-ethyl adjacent to an activating group) is 1. The van der Waals surface area contributed by atoms with Gasteiger partial charge in [0.25, 0.3) is 5.91 Å². The van der Waals surface area contributed by atoms with Gasteiger partial charge in [0.1, 0.15) is 13.1 Å². The minimum atomic E-state index is -0.394. The first-order chi connectivity index (χ1) is 8.47. The summed E-state index contributed by atoms with van der Waals surface area (Å²) in [5, 5.41) is 2.89. The van der Waals surface area contributed by atoms with Crippen molar-refractivity contribution in [2.45, 2.75) is 32.2 Å². The average molecular weight is 253 g/mol. The quantitative estimate of drug-likeness (QED) is 0.730. The molecule has 1 saturated carbocycles. The van der Waals surface area contributed by atoms with Crippen LogP contribution in [-0.2, 0) is 9.59 Å². The zero-order valence-corrected chi connectivity index (χ0v) is 10.8. The van der Waals surface area contributed by atoms with Crippen LogP contribution in [0.2, 0.25) is 0 Å². The van der Waals surface area contributed by atoms with E-state index >= 15 is 0 Å². The predicted molar refractivity (Wildman–Crippen MR) is 64.7 cm³/mol. The molecule has 2 fully saturated rings. The van der Waals surface area contributed by atoms with Gasteiger partial charge in [-0.3, -0.25) is 14.5 Å². The lowest BCUT2D eigenvalue weighted by molar-refractivity contribution is -0.131. The highest BCUT2D eigenvalue weighted by atomic mass is 16.2. The maximum Gasteiger partial charge on any atom is 0.327 e. The summed E-state index contributed by atoms with van der Waals surface area (Å²) in [5.74, 6) is 0.0834. The summed E-state index contributed by atoms with van der Waals surface area (Å²) in [6.45, 7) is 2.06. The maximum atomic E-state index is 11.8. The number of amides is 4. The molecule has 2 unspecified atom stereocenters. The van der Waals surface area contributed by atoms with Gasteiger partial charge >= 0.3 is 6.03 Å². The van der Waals surface area contributed by atoms with Gasteiger partial charge in [-0.2, -0.15) is 0 Å². The van der Waals surface area contributed by atoms with Crippen molar-refractivity contribution >= 4 is 17.8 Å². The lowest BCUT2D eigenvalue weighted by Gasteiger charge is -2.16. The molecule has 0 aromatic heterocycles. The number of imide groups is 1. The molecule has 4 amide bonds. The molecule has 0 bridgehead atoms. The zero-order chi connectivity index (χ0) is 13.3. The van der Waals surface area contributed by atoms with E-state index < -0.39 is 6.03 Å². The van der Waals surface area contributed by atoms with E-state index in [1.54, 1.807) is 7.05 Å². The van der Waals surface area contributed by atoms with E-state index in [1.807, 2.05) is 0 Å². The van der Waals surface area contributed by atoms with Crippen molar-refractivity contribution in [3.8, 4) is 0 Å². The SMILES string of the molecule is CC1CCC(NC(=O)CN2C(=O)CN(C)C2=O)C1. The van der Waals surface area contributed by atoms with Crippen LogP contribution < -0.4 is 5.32 Å². The van der Waals surface area contributed by atoms with Gasteiger partial charge in [0, 0.05) is 13.1 Å². The van der Waals surface area contributed by atoms with Gasteiger partial charge in [0.2, 0.25) is 5.91 Å². The van der Waals surface area contributed by atoms with E-state index in [0.29, 0.717) is 5.92 Å². The second kappa shape index (κ2) is 4.96. The van der Waals surface area contributed by atoms with Crippen LogP contribution in [0.4, 0.5) is 4.79 Å². The smallest absolute Gasteiger partial charge is 0.327 e. The van der Waals surface area contributed by atoms with Crippen molar-refractivity contribution in [2.24, 2.45) is 5.92 Å². The molecule has 2 rings (SSSR count). The van der Waals surface area contributed by atoms with Gasteiger partial charge < -0.3 is 10.2 Å². The second-order valence-corrected chi connectivity index (χ2v) is 5.30. The fraction of sp³-hybridized carbons (Fsp3) is 0.750. The third kappa shape index (κ3) is 2.63. The van der Waals surface area contributed by atoms with E-state index in [1.165, 1.54) is 4.90 Å². The Morgan fingerprint density at radius 1 is 1.39 bits per heavy atom. The van der Waals surface area contributed by atoms with Gasteiger partial charge in [-0.05, 0) is 25.2 Å². The lowest BCUT2D eigenvalue weighted by atomic mass is 10.1. The minimum Gasteiger partial charge on any atom is -0.352 e. The topological polar surface area (TPSA) is 69.7 Å². The van der Waals surface area contributed by atoms with Gasteiger partial charge in [-0.1, -0.05) is 6.92 Å². The van der Waals surface area contributed by atoms with Gasteiger partial charge in [-0.15, -0.1) is 0 Å². The Hall–Kier alpha value is -1.59. The van der Waals surface area contributed by atoms with E-state index in [9.17, 15) is 14.4 Å². The highest BCUT2D eigenvalue weighted by Gasteiger charge is 2.35. The highest BCUT2D eigenvalue weighted by Crippen LogP contribution is 2.24. The zero-order valence-electron chi connectivity index (χ0n) is 10.8. The molecule has 1 N–H and O–H groups in total. The van der Waals surface area contributed by atoms with E-state index in [2.05, 4.69) is 12.2 Å². The molecule has 0 aromatic rings. The summed E-state index contributed by atoms with van der Waals surface area (Å²) < 4.78 is 0. The number of carbonyl (C=O) groups is 3. The molecule has 1 heterocycles. The molecule has 18 heavy (non-hydrogen) atoms. The van der Waals surface area contributed by atoms with Crippen LogP contribution >= 0.6 is 0 Å². The molecule has 1 aliphatic carbocycles. The fourth-order valence-corrected chi connectivity index (χ4v) is 2.58. The Kier molecular flexibility index (Phi) is 3.54. The monoisotopic (exact) mass is 253 g/mol. The fourth-order valence-electron chi connectivity index (χ4n) is 2.58. The molecule has 1 aliphatic heterocycles. The number of rotatable bonds is 3. The van der Waals surface area contributed by atoms with Crippen LogP contribution in [-0.4, -0.2) is 53.8 Å². The lowest BCUT2D eigenvalue weighted by Crippen LogP contribution is -2.43. The Balaban J connectivity index is 1.84. The van der Waals surface area contributed by atoms with Crippen LogP contribution in [0, 0.1) is 5.92 Å². The standard InChI is InChI=1S/C12H19N3O3/c1-8-3-4-9(5-8)13-10(16)6-15-11(17)7-14(2)12(15)18/h8-9H,3-7H2,1-2H3,(H,13,16). The Bertz CT molecular complexity index is 383. The van der Waals surface area contributed by atoms with Gasteiger partial charge in [-0.25, -0.2) is 4.79 Å². The first-order valence-corrected chi connectivity index (χ1v) is 6.32. The first kappa shape index (κ1) is 12.9. The van der Waals surface area contributed by atoms with Crippen molar-refractivity contribution in [1.82, 2.24) is 15.1 Å². The Morgan fingerprint density at radius 2 is 2.11 bits per heavy atom. The molecule has 2 atom stereocenters. The summed E-state index contributed by atoms with van der Waals surface area (Å²) in [5.41, 5.74) is 0. The van der Waals surface area contributed by atoms with Crippen LogP contribution in [0.5, 0.6) is 0 Å². The summed E-state index contributed by atoms with van der Waals surface area (Å²) in [4.78, 5) is 37.2. The van der Waals surface area contributed by atoms with Crippen molar-refractivity contribution in [1.29, 1.82) is 0 Å². The number of carbonyl (C=O) groups excluding carboxylic acids is 3. The maximum absolute atomic E-state index is 11.8. The van der Waals surface area contributed by atoms with Crippen molar-refractivity contribution in [3.63, 3.8) is 0 Å². The number of nitrogens with zero attached hydrogens (tertiary/aromatic N) is 2. The summed E-state index contributed by atoms with van der Waals surface area (Å²) in [7, 11) is 1.55. The van der Waals surface area contributed by atoms with E-state index in [0.717, 1.165) is 24.2 Å². The van der Waals surface area contributed by atoms with Gasteiger partial charge in [0.05, 0.1) is 0 Å². The number of hydrogen-bond acceptors (Lipinski definition) is 3. The molecule has 0 radical (unpaired) electrons. The molecular weight excluding hydrogens is 234 g/mol. The van der Waals surface area contributed by atoms with E-state index in [4.69, 9.17) is 0 Å². The molecule has 2 aliphatic rings. The average Bonchev–Trinajstić information content (AvgIpc) is 2.78. The molecule has 1 saturated heterocycles. The molecule has 0 aromatic carbocycles. The Morgan fingerprint density at radius 3 is 2.61 bits per heavy atom. The second-order valence-electron chi connectivity index (χ2n) is 5.30. The molecule has 6 heteroatoms. The third-order valence-electron chi connectivity index (χ3n) is 3.59. The van der Waals surface area contributed by atoms with Crippen molar-refractivity contribution in [3.05, 3.63) is 0 Å². The van der Waals surface area contributed by atoms with Crippen LogP contribution in [0.1, 0.15) is 26.2 Å². The normalized spacial score (nSPS) is 28.1. The molecular formula is C12H19N3O3. The summed E-state index contributed by atoms with van der Waals surface area (Å²) in [6, 6.07) is -0.201. The Labute approximate surface area is 106 Å². The van der Waals surface area contributed by atoms with Crippen LogP contribution in [0.15, 0.2) is 0 Å². The summed E-state index contributed by atoms with van der Waals surface area (Å²) in [6.07, 6.45) is 3.08. The number of nitrogens with one attached hydrogen (secondary N) is 1. The van der Waals surface area contributed by atoms with E-state index in [-0.39, 0.29) is 30.9 Å². The number of hydrogen-bond donors (Lipinski definition) is 1. The summed E-state index contributed by atoms with van der Waals surface area (Å²) >= 11 is 0. The molecule has 0 spiro atoms. The number of urea groups is 1. The van der Waals surface area contributed by atoms with Crippen molar-refractivity contribution in [2.75, 3.05) is 20.1 Å². The molecule has 100 valence electrons. The van der Waals surface area contributed by atoms with Crippen LogP contribution in [0.25, 0.3) is 0 Å². The third-order valence-corrected chi connectivity index (χ3v) is 3.59. The van der Waals surface area contributed by atoms with Crippen LogP contribution in [0.3, 0.4) is 0 Å². The van der Waals surface area contributed by atoms with Gasteiger partial charge in [0.15, 0.2) is 0 Å². The van der Waals surface area contributed by atoms with Crippen molar-refractivity contribution < 1.29 is 14.4 Å². The minimum absolute atomic E-state index is 0.0621. The molecule has 6 nitrogen and oxygen atoms in total. The largest absolute Gasteiger partial charge is 0.352 e.